The number of hydrogen-bond donors (Lipinski definition) is 0. The Kier molecular flexibility index (Phi) is 2.23. The fourth-order valence-corrected chi connectivity index (χ4v) is 1.01. The highest BCUT2D eigenvalue weighted by Crippen LogP contribution is 2.26. The van der Waals surface area contributed by atoms with Crippen LogP contribution in [-0.2, 0) is 0 Å². The molecule has 0 unspecified atom stereocenters. The van der Waals surface area contributed by atoms with Gasteiger partial charge in [0.25, 0.3) is 11.4 Å². The zero-order valence-electron chi connectivity index (χ0n) is 6.76. The van der Waals surface area contributed by atoms with Gasteiger partial charge in [0.15, 0.2) is 0 Å². The second-order valence-electron chi connectivity index (χ2n) is 2.44. The molecule has 0 aliphatic heterocycles. The van der Waals surface area contributed by atoms with Crippen LogP contribution in [0.4, 0.5) is 11.4 Å². The van der Waals surface area contributed by atoms with Crippen LogP contribution in [0.3, 0.4) is 0 Å². The Morgan fingerprint density at radius 2 is 1.46 bits per heavy atom. The summed E-state index contributed by atoms with van der Waals surface area (Å²) in [5.41, 5.74) is -0.374. The number of nitro benzene ring substituents is 2. The molecule has 1 aromatic carbocycles. The highest BCUT2D eigenvalue weighted by atomic mass is 16.6. The molecular weight excluding hydrogens is 176 g/mol. The van der Waals surface area contributed by atoms with Crippen molar-refractivity contribution in [1.29, 1.82) is 0 Å². The SMILES string of the molecule is Cc1c([N+](=O)[O-])cccc1[N+](=O)[O-]. The predicted molar refractivity (Wildman–Crippen MR) is 44.5 cm³/mol. The zero-order chi connectivity index (χ0) is 10.0. The quantitative estimate of drug-likeness (QED) is 0.515. The van der Waals surface area contributed by atoms with E-state index in [0.717, 1.165) is 0 Å². The molecule has 0 aromatic heterocycles. The van der Waals surface area contributed by atoms with Crippen molar-refractivity contribution >= 4 is 11.4 Å². The van der Waals surface area contributed by atoms with Crippen molar-refractivity contribution in [2.45, 2.75) is 6.92 Å². The van der Waals surface area contributed by atoms with E-state index in [0.29, 0.717) is 0 Å². The predicted octanol–water partition coefficient (Wildman–Crippen LogP) is 1.81. The maximum atomic E-state index is 10.4. The molecule has 0 aliphatic carbocycles. The summed E-state index contributed by atoms with van der Waals surface area (Å²) in [6.07, 6.45) is 0. The molecule has 6 heteroatoms. The second kappa shape index (κ2) is 3.18. The average Bonchev–Trinajstić information content (AvgIpc) is 2.03. The average molecular weight is 182 g/mol. The molecule has 0 aliphatic rings. The maximum Gasteiger partial charge on any atom is 0.279 e. The highest BCUT2D eigenvalue weighted by Gasteiger charge is 2.19. The van der Waals surface area contributed by atoms with Crippen LogP contribution in [0.25, 0.3) is 0 Å². The molecule has 0 saturated carbocycles. The van der Waals surface area contributed by atoms with Crippen LogP contribution in [0, 0.1) is 27.2 Å². The van der Waals surface area contributed by atoms with Crippen molar-refractivity contribution in [3.05, 3.63) is 44.0 Å². The van der Waals surface area contributed by atoms with Crippen molar-refractivity contribution in [3.63, 3.8) is 0 Å². The summed E-state index contributed by atoms with van der Waals surface area (Å²) in [6, 6.07) is 3.77. The number of rotatable bonds is 2. The Balaban J connectivity index is 3.35. The molecule has 0 bridgehead atoms. The van der Waals surface area contributed by atoms with Gasteiger partial charge in [-0.25, -0.2) is 0 Å². The first-order valence-electron chi connectivity index (χ1n) is 3.42. The molecule has 0 radical (unpaired) electrons. The Morgan fingerprint density at radius 1 is 1.08 bits per heavy atom. The van der Waals surface area contributed by atoms with Crippen LogP contribution in [0.2, 0.25) is 0 Å². The van der Waals surface area contributed by atoms with E-state index >= 15 is 0 Å². The lowest BCUT2D eigenvalue weighted by molar-refractivity contribution is -0.395. The van der Waals surface area contributed by atoms with Crippen LogP contribution >= 0.6 is 0 Å². The smallest absolute Gasteiger partial charge is 0.258 e. The second-order valence-corrected chi connectivity index (χ2v) is 2.44. The van der Waals surface area contributed by atoms with E-state index in [-0.39, 0.29) is 16.9 Å². The van der Waals surface area contributed by atoms with Gasteiger partial charge in [-0.1, -0.05) is 0 Å². The summed E-state index contributed by atoms with van der Waals surface area (Å²) in [7, 11) is 0. The Morgan fingerprint density at radius 3 is 1.77 bits per heavy atom. The summed E-state index contributed by atoms with van der Waals surface area (Å²) >= 11 is 0. The lowest BCUT2D eigenvalue weighted by atomic mass is 10.1. The van der Waals surface area contributed by atoms with Crippen molar-refractivity contribution in [1.82, 2.24) is 0 Å². The minimum atomic E-state index is -0.637. The molecule has 0 heterocycles. The third-order valence-corrected chi connectivity index (χ3v) is 1.67. The fraction of sp³-hybridized carbons (Fsp3) is 0.143. The van der Waals surface area contributed by atoms with Gasteiger partial charge < -0.3 is 0 Å². The molecule has 0 saturated heterocycles. The summed E-state index contributed by atoms with van der Waals surface area (Å²) in [5, 5.41) is 20.8. The molecular formula is C7H6N2O4. The first-order chi connectivity index (χ1) is 6.04. The van der Waals surface area contributed by atoms with Gasteiger partial charge in [-0.3, -0.25) is 20.2 Å². The topological polar surface area (TPSA) is 86.3 Å². The summed E-state index contributed by atoms with van der Waals surface area (Å²) in [4.78, 5) is 19.5. The molecule has 0 amide bonds. The van der Waals surface area contributed by atoms with Gasteiger partial charge in [-0.2, -0.15) is 0 Å². The molecule has 0 spiro atoms. The maximum absolute atomic E-state index is 10.4. The van der Waals surface area contributed by atoms with Gasteiger partial charge in [0, 0.05) is 12.1 Å². The van der Waals surface area contributed by atoms with Crippen LogP contribution in [0.15, 0.2) is 18.2 Å². The minimum Gasteiger partial charge on any atom is -0.258 e. The number of nitrogens with zero attached hydrogens (tertiary/aromatic N) is 2. The standard InChI is InChI=1S/C7H6N2O4/c1-5-6(8(10)11)3-2-4-7(5)9(12)13/h2-4H,1H3. The van der Waals surface area contributed by atoms with E-state index in [2.05, 4.69) is 0 Å². The number of nitro groups is 2. The van der Waals surface area contributed by atoms with Crippen molar-refractivity contribution < 1.29 is 9.85 Å². The van der Waals surface area contributed by atoms with Crippen LogP contribution in [0.5, 0.6) is 0 Å². The third-order valence-electron chi connectivity index (χ3n) is 1.67. The van der Waals surface area contributed by atoms with Crippen molar-refractivity contribution in [2.24, 2.45) is 0 Å². The minimum absolute atomic E-state index is 0.0810. The third kappa shape index (κ3) is 1.61. The molecule has 0 atom stereocenters. The molecule has 0 fully saturated rings. The van der Waals surface area contributed by atoms with E-state index in [9.17, 15) is 20.2 Å². The van der Waals surface area contributed by atoms with Crippen molar-refractivity contribution in [2.75, 3.05) is 0 Å². The molecule has 68 valence electrons. The lowest BCUT2D eigenvalue weighted by Gasteiger charge is -1.96. The summed E-state index contributed by atoms with van der Waals surface area (Å²) in [6.45, 7) is 1.36. The van der Waals surface area contributed by atoms with Gasteiger partial charge in [-0.15, -0.1) is 0 Å². The monoisotopic (exact) mass is 182 g/mol. The Labute approximate surface area is 73.1 Å². The summed E-state index contributed by atoms with van der Waals surface area (Å²) in [5.74, 6) is 0. The number of benzene rings is 1. The first kappa shape index (κ1) is 9.11. The van der Waals surface area contributed by atoms with E-state index in [1.165, 1.54) is 25.1 Å². The highest BCUT2D eigenvalue weighted by molar-refractivity contribution is 5.52. The van der Waals surface area contributed by atoms with Gasteiger partial charge in [-0.05, 0) is 13.0 Å². The Bertz CT molecular complexity index is 343. The van der Waals surface area contributed by atoms with E-state index < -0.39 is 9.85 Å². The number of hydrogen-bond acceptors (Lipinski definition) is 4. The van der Waals surface area contributed by atoms with Gasteiger partial charge in [0.2, 0.25) is 0 Å². The van der Waals surface area contributed by atoms with Crippen LogP contribution < -0.4 is 0 Å². The fourth-order valence-electron chi connectivity index (χ4n) is 1.01. The normalized spacial score (nSPS) is 9.62. The van der Waals surface area contributed by atoms with Gasteiger partial charge in [0.1, 0.15) is 5.56 Å². The van der Waals surface area contributed by atoms with Gasteiger partial charge in [0.05, 0.1) is 9.85 Å². The first-order valence-corrected chi connectivity index (χ1v) is 3.42. The molecule has 6 nitrogen and oxygen atoms in total. The zero-order valence-corrected chi connectivity index (χ0v) is 6.76. The molecule has 1 aromatic rings. The van der Waals surface area contributed by atoms with E-state index in [1.54, 1.807) is 0 Å². The van der Waals surface area contributed by atoms with Gasteiger partial charge >= 0.3 is 0 Å². The lowest BCUT2D eigenvalue weighted by Crippen LogP contribution is -1.96. The van der Waals surface area contributed by atoms with E-state index in [4.69, 9.17) is 0 Å². The Hall–Kier alpha value is -1.98. The molecule has 13 heavy (non-hydrogen) atoms. The summed E-state index contributed by atoms with van der Waals surface area (Å²) < 4.78 is 0. The van der Waals surface area contributed by atoms with E-state index in [1.807, 2.05) is 0 Å². The molecule has 1 rings (SSSR count). The molecule has 0 N–H and O–H groups in total. The largest absolute Gasteiger partial charge is 0.279 e. The van der Waals surface area contributed by atoms with Crippen LogP contribution in [-0.4, -0.2) is 9.85 Å². The van der Waals surface area contributed by atoms with Crippen LogP contribution in [0.1, 0.15) is 5.56 Å². The van der Waals surface area contributed by atoms with Crippen molar-refractivity contribution in [3.8, 4) is 0 Å².